The van der Waals surface area contributed by atoms with Gasteiger partial charge in [-0.25, -0.2) is 4.79 Å². The van der Waals surface area contributed by atoms with Crippen molar-refractivity contribution in [3.63, 3.8) is 0 Å². The third-order valence-electron chi connectivity index (χ3n) is 4.34. The Hall–Kier alpha value is -3.19. The molecule has 0 aliphatic carbocycles. The summed E-state index contributed by atoms with van der Waals surface area (Å²) in [5.41, 5.74) is 2.11. The van der Waals surface area contributed by atoms with Crippen LogP contribution in [0, 0.1) is 4.91 Å². The van der Waals surface area contributed by atoms with Crippen molar-refractivity contribution in [3.8, 4) is 11.5 Å². The van der Waals surface area contributed by atoms with Gasteiger partial charge >= 0.3 is 5.97 Å². The molecule has 7 heteroatoms. The number of benzene rings is 2. The van der Waals surface area contributed by atoms with Gasteiger partial charge in [-0.15, -0.1) is 4.91 Å². The fourth-order valence-corrected chi connectivity index (χ4v) is 2.83. The number of phenols is 1. The standard InChI is InChI=1S/C20H21N3O4/c1-14(20(25)27-18-6-3-16(22-26)4-7-18)12-15-2-5-17(13-19(15)24)23-10-8-21-9-11-23/h2-7,12-13,21,24H,8-11H2,1H3/b14-12+. The number of aromatic hydroxyl groups is 1. The number of hydrogen-bond acceptors (Lipinski definition) is 7. The van der Waals surface area contributed by atoms with E-state index in [4.69, 9.17) is 4.74 Å². The van der Waals surface area contributed by atoms with Crippen LogP contribution in [0.1, 0.15) is 12.5 Å². The molecule has 0 amide bonds. The van der Waals surface area contributed by atoms with Crippen molar-refractivity contribution >= 4 is 23.4 Å². The van der Waals surface area contributed by atoms with Crippen molar-refractivity contribution in [3.05, 3.63) is 58.5 Å². The van der Waals surface area contributed by atoms with Crippen LogP contribution in [-0.2, 0) is 4.79 Å². The second kappa shape index (κ2) is 8.46. The first-order valence-corrected chi connectivity index (χ1v) is 8.69. The van der Waals surface area contributed by atoms with E-state index in [9.17, 15) is 14.8 Å². The molecule has 1 aliphatic rings. The number of piperazine rings is 1. The second-order valence-electron chi connectivity index (χ2n) is 6.28. The van der Waals surface area contributed by atoms with Crippen molar-refractivity contribution in [2.45, 2.75) is 6.92 Å². The maximum absolute atomic E-state index is 12.2. The fourth-order valence-electron chi connectivity index (χ4n) is 2.83. The molecule has 2 N–H and O–H groups in total. The van der Waals surface area contributed by atoms with Crippen molar-refractivity contribution in [2.24, 2.45) is 5.18 Å². The van der Waals surface area contributed by atoms with Crippen LogP contribution < -0.4 is 15.0 Å². The number of anilines is 1. The zero-order valence-electron chi connectivity index (χ0n) is 15.0. The van der Waals surface area contributed by atoms with Crippen LogP contribution in [0.4, 0.5) is 11.4 Å². The lowest BCUT2D eigenvalue weighted by atomic mass is 10.1. The molecule has 0 radical (unpaired) electrons. The number of carbonyl (C=O) groups excluding carboxylic acids is 1. The monoisotopic (exact) mass is 367 g/mol. The first kappa shape index (κ1) is 18.6. The summed E-state index contributed by atoms with van der Waals surface area (Å²) in [6.45, 7) is 5.22. The minimum absolute atomic E-state index is 0.111. The van der Waals surface area contributed by atoms with Gasteiger partial charge in [-0.2, -0.15) is 0 Å². The zero-order valence-corrected chi connectivity index (χ0v) is 15.0. The maximum atomic E-state index is 12.2. The molecule has 0 aromatic heterocycles. The molecule has 0 spiro atoms. The van der Waals surface area contributed by atoms with Crippen LogP contribution in [0.25, 0.3) is 6.08 Å². The molecule has 1 saturated heterocycles. The minimum atomic E-state index is -0.535. The van der Waals surface area contributed by atoms with Crippen molar-refractivity contribution in [1.29, 1.82) is 0 Å². The van der Waals surface area contributed by atoms with Gasteiger partial charge in [0, 0.05) is 49.1 Å². The highest BCUT2D eigenvalue weighted by molar-refractivity contribution is 5.95. The summed E-state index contributed by atoms with van der Waals surface area (Å²) in [6.07, 6.45) is 1.58. The van der Waals surface area contributed by atoms with Crippen molar-refractivity contribution in [2.75, 3.05) is 31.1 Å². The number of esters is 1. The van der Waals surface area contributed by atoms with Crippen LogP contribution >= 0.6 is 0 Å². The van der Waals surface area contributed by atoms with Gasteiger partial charge in [-0.3, -0.25) is 0 Å². The Kier molecular flexibility index (Phi) is 5.83. The number of nitroso groups, excluding NO2 is 1. The quantitative estimate of drug-likeness (QED) is 0.365. The van der Waals surface area contributed by atoms with Crippen LogP contribution in [0.2, 0.25) is 0 Å². The van der Waals surface area contributed by atoms with Gasteiger partial charge in [0.1, 0.15) is 17.2 Å². The highest BCUT2D eigenvalue weighted by atomic mass is 16.5. The number of carbonyl (C=O) groups is 1. The number of rotatable bonds is 5. The average molecular weight is 367 g/mol. The Morgan fingerprint density at radius 3 is 2.52 bits per heavy atom. The Bertz CT molecular complexity index is 856. The third-order valence-corrected chi connectivity index (χ3v) is 4.34. The number of phenolic OH excluding ortho intramolecular Hbond substituents is 1. The average Bonchev–Trinajstić information content (AvgIpc) is 2.70. The Morgan fingerprint density at radius 1 is 1.19 bits per heavy atom. The molecule has 0 bridgehead atoms. The van der Waals surface area contributed by atoms with E-state index in [2.05, 4.69) is 15.4 Å². The molecule has 140 valence electrons. The molecule has 2 aromatic carbocycles. The molecule has 1 aliphatic heterocycles. The largest absolute Gasteiger partial charge is 0.507 e. The summed E-state index contributed by atoms with van der Waals surface area (Å²) in [4.78, 5) is 24.8. The summed E-state index contributed by atoms with van der Waals surface area (Å²) in [5, 5.41) is 16.4. The van der Waals surface area contributed by atoms with Gasteiger partial charge in [0.15, 0.2) is 0 Å². The maximum Gasteiger partial charge on any atom is 0.339 e. The molecule has 27 heavy (non-hydrogen) atoms. The van der Waals surface area contributed by atoms with Crippen molar-refractivity contribution < 1.29 is 14.6 Å². The van der Waals surface area contributed by atoms with E-state index >= 15 is 0 Å². The molecule has 0 saturated carbocycles. The number of hydrogen-bond donors (Lipinski definition) is 2. The van der Waals surface area contributed by atoms with Crippen LogP contribution in [0.3, 0.4) is 0 Å². The highest BCUT2D eigenvalue weighted by Gasteiger charge is 2.13. The first-order chi connectivity index (χ1) is 13.1. The summed E-state index contributed by atoms with van der Waals surface area (Å²) >= 11 is 0. The first-order valence-electron chi connectivity index (χ1n) is 8.69. The predicted octanol–water partition coefficient (Wildman–Crippen LogP) is 3.21. The molecule has 2 aromatic rings. The van der Waals surface area contributed by atoms with E-state index in [1.807, 2.05) is 6.07 Å². The van der Waals surface area contributed by atoms with E-state index in [1.165, 1.54) is 24.3 Å². The van der Waals surface area contributed by atoms with Gasteiger partial charge in [-0.05, 0) is 54.6 Å². The smallest absolute Gasteiger partial charge is 0.339 e. The molecule has 3 rings (SSSR count). The molecular weight excluding hydrogens is 346 g/mol. The van der Waals surface area contributed by atoms with Crippen LogP contribution in [0.5, 0.6) is 11.5 Å². The summed E-state index contributed by atoms with van der Waals surface area (Å²) in [5.74, 6) is -0.106. The Balaban J connectivity index is 1.70. The third kappa shape index (κ3) is 4.71. The van der Waals surface area contributed by atoms with E-state index in [1.54, 1.807) is 25.1 Å². The number of nitrogens with one attached hydrogen (secondary N) is 1. The lowest BCUT2D eigenvalue weighted by molar-refractivity contribution is -0.130. The van der Waals surface area contributed by atoms with Crippen molar-refractivity contribution in [1.82, 2.24) is 5.32 Å². The summed E-state index contributed by atoms with van der Waals surface area (Å²) < 4.78 is 5.26. The summed E-state index contributed by atoms with van der Waals surface area (Å²) in [7, 11) is 0. The van der Waals surface area contributed by atoms with Crippen LogP contribution in [-0.4, -0.2) is 37.3 Å². The Labute approximate surface area is 157 Å². The fraction of sp³-hybridized carbons (Fsp3) is 0.250. The lowest BCUT2D eigenvalue weighted by Gasteiger charge is -2.29. The zero-order chi connectivity index (χ0) is 19.2. The molecular formula is C20H21N3O4. The minimum Gasteiger partial charge on any atom is -0.507 e. The van der Waals surface area contributed by atoms with E-state index in [0.717, 1.165) is 31.9 Å². The van der Waals surface area contributed by atoms with E-state index < -0.39 is 5.97 Å². The topological polar surface area (TPSA) is 91.2 Å². The van der Waals surface area contributed by atoms with Gasteiger partial charge in [0.25, 0.3) is 0 Å². The summed E-state index contributed by atoms with van der Waals surface area (Å²) in [6, 6.07) is 11.4. The molecule has 0 atom stereocenters. The molecule has 0 unspecified atom stereocenters. The molecule has 7 nitrogen and oxygen atoms in total. The van der Waals surface area contributed by atoms with Gasteiger partial charge < -0.3 is 20.1 Å². The van der Waals surface area contributed by atoms with Gasteiger partial charge in [-0.1, -0.05) is 0 Å². The number of nitrogens with zero attached hydrogens (tertiary/aromatic N) is 2. The Morgan fingerprint density at radius 2 is 1.89 bits per heavy atom. The SMILES string of the molecule is C/C(=C\c1ccc(N2CCNCC2)cc1O)C(=O)Oc1ccc(N=O)cc1. The molecule has 1 fully saturated rings. The highest BCUT2D eigenvalue weighted by Crippen LogP contribution is 2.27. The normalized spacial score (nSPS) is 14.7. The molecule has 1 heterocycles. The van der Waals surface area contributed by atoms with E-state index in [0.29, 0.717) is 16.9 Å². The number of ether oxygens (including phenoxy) is 1. The lowest BCUT2D eigenvalue weighted by Crippen LogP contribution is -2.43. The predicted molar refractivity (Wildman–Crippen MR) is 104 cm³/mol. The van der Waals surface area contributed by atoms with Gasteiger partial charge in [0.2, 0.25) is 0 Å². The van der Waals surface area contributed by atoms with Crippen LogP contribution in [0.15, 0.2) is 53.2 Å². The second-order valence-corrected chi connectivity index (χ2v) is 6.28. The van der Waals surface area contributed by atoms with E-state index in [-0.39, 0.29) is 11.4 Å². The van der Waals surface area contributed by atoms with Gasteiger partial charge in [0.05, 0.1) is 0 Å².